The van der Waals surface area contributed by atoms with Crippen molar-refractivity contribution in [1.29, 1.82) is 0 Å². The number of carbonyl (C=O) groups is 1. The van der Waals surface area contributed by atoms with Crippen LogP contribution in [0.25, 0.3) is 0 Å². The molecule has 0 atom stereocenters. The number of fused-ring (bicyclic) bond motifs is 1. The van der Waals surface area contributed by atoms with Gasteiger partial charge in [0.15, 0.2) is 11.5 Å². The van der Waals surface area contributed by atoms with Gasteiger partial charge in [0.1, 0.15) is 0 Å². The molecule has 0 fully saturated rings. The molecule has 1 aliphatic heterocycles. The van der Waals surface area contributed by atoms with E-state index in [9.17, 15) is 13.2 Å². The Morgan fingerprint density at radius 3 is 2.40 bits per heavy atom. The second-order valence-electron chi connectivity index (χ2n) is 6.97. The molecule has 0 aliphatic carbocycles. The fourth-order valence-corrected chi connectivity index (χ4v) is 4.09. The number of benzene rings is 3. The number of ether oxygens (including phenoxy) is 2. The highest BCUT2D eigenvalue weighted by atomic mass is 32.2. The molecule has 2 N–H and O–H groups in total. The fraction of sp³-hybridized carbons (Fsp3) is 0.136. The summed E-state index contributed by atoms with van der Waals surface area (Å²) in [5.41, 5.74) is 2.87. The van der Waals surface area contributed by atoms with Crippen LogP contribution in [0.5, 0.6) is 11.5 Å². The van der Waals surface area contributed by atoms with Gasteiger partial charge in [0.25, 0.3) is 15.9 Å². The summed E-state index contributed by atoms with van der Waals surface area (Å²) in [6.45, 7) is 3.80. The smallest absolute Gasteiger partial charge is 0.261 e. The van der Waals surface area contributed by atoms with Crippen molar-refractivity contribution in [2.45, 2.75) is 18.7 Å². The number of sulfonamides is 1. The Morgan fingerprint density at radius 1 is 0.900 bits per heavy atom. The zero-order chi connectivity index (χ0) is 21.3. The van der Waals surface area contributed by atoms with Crippen molar-refractivity contribution in [2.75, 3.05) is 16.8 Å². The van der Waals surface area contributed by atoms with E-state index in [1.807, 2.05) is 6.92 Å². The van der Waals surface area contributed by atoms with Gasteiger partial charge in [-0.25, -0.2) is 8.42 Å². The zero-order valence-electron chi connectivity index (χ0n) is 16.4. The molecule has 0 unspecified atom stereocenters. The molecule has 1 amide bonds. The Hall–Kier alpha value is -3.52. The number of anilines is 2. The van der Waals surface area contributed by atoms with Crippen LogP contribution in [-0.4, -0.2) is 21.1 Å². The summed E-state index contributed by atoms with van der Waals surface area (Å²) < 4.78 is 38.6. The minimum Gasteiger partial charge on any atom is -0.454 e. The SMILES string of the molecule is Cc1ccc(S(=O)(=O)Nc2cc(C(=O)Nc3ccc4c(c3)OCO4)ccc2C)cc1. The molecule has 0 bridgehead atoms. The van der Waals surface area contributed by atoms with E-state index in [4.69, 9.17) is 9.47 Å². The maximum atomic E-state index is 12.7. The zero-order valence-corrected chi connectivity index (χ0v) is 17.2. The molecule has 3 aromatic carbocycles. The van der Waals surface area contributed by atoms with Crippen molar-refractivity contribution in [1.82, 2.24) is 0 Å². The standard InChI is InChI=1S/C22H20N2O5S/c1-14-3-8-18(9-4-14)30(26,27)24-19-11-16(6-5-15(19)2)22(25)23-17-7-10-20-21(12-17)29-13-28-20/h3-12,24H,13H2,1-2H3,(H,23,25). The van der Waals surface area contributed by atoms with E-state index < -0.39 is 10.0 Å². The summed E-state index contributed by atoms with van der Waals surface area (Å²) in [7, 11) is -3.77. The molecule has 7 nitrogen and oxygen atoms in total. The van der Waals surface area contributed by atoms with Gasteiger partial charge in [-0.1, -0.05) is 23.8 Å². The highest BCUT2D eigenvalue weighted by Gasteiger charge is 2.18. The van der Waals surface area contributed by atoms with Crippen molar-refractivity contribution in [3.05, 3.63) is 77.4 Å². The van der Waals surface area contributed by atoms with Gasteiger partial charge < -0.3 is 14.8 Å². The Morgan fingerprint density at radius 2 is 1.63 bits per heavy atom. The normalized spacial score (nSPS) is 12.5. The van der Waals surface area contributed by atoms with Crippen molar-refractivity contribution in [3.8, 4) is 11.5 Å². The lowest BCUT2D eigenvalue weighted by Gasteiger charge is -2.13. The number of aryl methyl sites for hydroxylation is 2. The third-order valence-corrected chi connectivity index (χ3v) is 6.09. The summed E-state index contributed by atoms with van der Waals surface area (Å²) in [4.78, 5) is 12.8. The largest absolute Gasteiger partial charge is 0.454 e. The predicted molar refractivity (Wildman–Crippen MR) is 114 cm³/mol. The Kier molecular flexibility index (Phi) is 5.09. The topological polar surface area (TPSA) is 93.7 Å². The molecule has 0 radical (unpaired) electrons. The number of rotatable bonds is 5. The highest BCUT2D eigenvalue weighted by Crippen LogP contribution is 2.34. The van der Waals surface area contributed by atoms with Gasteiger partial charge in [-0.05, 0) is 55.8 Å². The van der Waals surface area contributed by atoms with Gasteiger partial charge in [0.2, 0.25) is 6.79 Å². The van der Waals surface area contributed by atoms with Crippen molar-refractivity contribution < 1.29 is 22.7 Å². The van der Waals surface area contributed by atoms with E-state index >= 15 is 0 Å². The molecule has 1 heterocycles. The summed E-state index contributed by atoms with van der Waals surface area (Å²) in [6.07, 6.45) is 0. The van der Waals surface area contributed by atoms with Crippen LogP contribution in [0.15, 0.2) is 65.6 Å². The molecule has 0 aromatic heterocycles. The number of carbonyl (C=O) groups excluding carboxylic acids is 1. The predicted octanol–water partition coefficient (Wildman–Crippen LogP) is 4.09. The van der Waals surface area contributed by atoms with Gasteiger partial charge in [0.05, 0.1) is 10.6 Å². The Bertz CT molecular complexity index is 1220. The average Bonchev–Trinajstić information content (AvgIpc) is 3.17. The summed E-state index contributed by atoms with van der Waals surface area (Å²) in [6, 6.07) is 16.5. The Labute approximate surface area is 174 Å². The summed E-state index contributed by atoms with van der Waals surface area (Å²) in [5, 5.41) is 2.78. The van der Waals surface area contributed by atoms with Gasteiger partial charge in [-0.15, -0.1) is 0 Å². The molecule has 4 rings (SSSR count). The lowest BCUT2D eigenvalue weighted by molar-refractivity contribution is 0.102. The van der Waals surface area contributed by atoms with Crippen molar-refractivity contribution in [2.24, 2.45) is 0 Å². The molecule has 0 spiro atoms. The first-order chi connectivity index (χ1) is 14.3. The number of hydrogen-bond donors (Lipinski definition) is 2. The fourth-order valence-electron chi connectivity index (χ4n) is 2.97. The van der Waals surface area contributed by atoms with Crippen LogP contribution in [0.3, 0.4) is 0 Å². The van der Waals surface area contributed by atoms with Crippen LogP contribution in [0.1, 0.15) is 21.5 Å². The molecule has 0 saturated heterocycles. The average molecular weight is 424 g/mol. The minimum atomic E-state index is -3.77. The van der Waals surface area contributed by atoms with E-state index in [1.54, 1.807) is 61.5 Å². The maximum Gasteiger partial charge on any atom is 0.261 e. The minimum absolute atomic E-state index is 0.148. The number of hydrogen-bond acceptors (Lipinski definition) is 5. The lowest BCUT2D eigenvalue weighted by Crippen LogP contribution is -2.16. The third-order valence-electron chi connectivity index (χ3n) is 4.71. The van der Waals surface area contributed by atoms with Crippen LogP contribution < -0.4 is 19.5 Å². The van der Waals surface area contributed by atoms with Gasteiger partial charge >= 0.3 is 0 Å². The monoisotopic (exact) mass is 424 g/mol. The van der Waals surface area contributed by atoms with Crippen LogP contribution >= 0.6 is 0 Å². The van der Waals surface area contributed by atoms with Gasteiger partial charge in [0, 0.05) is 17.3 Å². The second-order valence-corrected chi connectivity index (χ2v) is 8.65. The van der Waals surface area contributed by atoms with Crippen LogP contribution in [-0.2, 0) is 10.0 Å². The molecule has 8 heteroatoms. The maximum absolute atomic E-state index is 12.7. The van der Waals surface area contributed by atoms with Gasteiger partial charge in [-0.3, -0.25) is 9.52 Å². The van der Waals surface area contributed by atoms with Gasteiger partial charge in [-0.2, -0.15) is 0 Å². The van der Waals surface area contributed by atoms with Crippen LogP contribution in [0.2, 0.25) is 0 Å². The molecular formula is C22H20N2O5S. The number of nitrogens with one attached hydrogen (secondary N) is 2. The van der Waals surface area contributed by atoms with E-state index in [-0.39, 0.29) is 17.6 Å². The molecule has 154 valence electrons. The summed E-state index contributed by atoms with van der Waals surface area (Å²) in [5.74, 6) is 0.809. The van der Waals surface area contributed by atoms with E-state index in [0.717, 1.165) is 5.56 Å². The quantitative estimate of drug-likeness (QED) is 0.644. The highest BCUT2D eigenvalue weighted by molar-refractivity contribution is 7.92. The molecule has 0 saturated carbocycles. The summed E-state index contributed by atoms with van der Waals surface area (Å²) >= 11 is 0. The van der Waals surface area contributed by atoms with E-state index in [1.165, 1.54) is 6.07 Å². The van der Waals surface area contributed by atoms with Crippen molar-refractivity contribution >= 4 is 27.3 Å². The first-order valence-electron chi connectivity index (χ1n) is 9.23. The molecule has 1 aliphatic rings. The van der Waals surface area contributed by atoms with E-state index in [0.29, 0.717) is 34.0 Å². The van der Waals surface area contributed by atoms with Crippen LogP contribution in [0.4, 0.5) is 11.4 Å². The molecular weight excluding hydrogens is 404 g/mol. The molecule has 30 heavy (non-hydrogen) atoms. The number of amides is 1. The Balaban J connectivity index is 1.55. The second kappa shape index (κ2) is 7.72. The van der Waals surface area contributed by atoms with Crippen molar-refractivity contribution in [3.63, 3.8) is 0 Å². The first-order valence-corrected chi connectivity index (χ1v) is 10.7. The lowest BCUT2D eigenvalue weighted by atomic mass is 10.1. The molecule has 3 aromatic rings. The third kappa shape index (κ3) is 4.08. The van der Waals surface area contributed by atoms with Crippen LogP contribution in [0, 0.1) is 13.8 Å². The van der Waals surface area contributed by atoms with E-state index in [2.05, 4.69) is 10.0 Å². The first kappa shape index (κ1) is 19.8.